The molecule has 0 fully saturated rings. The largest absolute Gasteiger partial charge is 0.378 e. The number of nitriles is 1. The zero-order valence-corrected chi connectivity index (χ0v) is 16.7. The van der Waals surface area contributed by atoms with E-state index >= 15 is 0 Å². The van der Waals surface area contributed by atoms with E-state index in [0.717, 1.165) is 16.2 Å². The fraction of sp³-hybridized carbons (Fsp3) is 0.217. The van der Waals surface area contributed by atoms with Gasteiger partial charge < -0.3 is 4.90 Å². The number of benzene rings is 2. The molecule has 1 aliphatic rings. The van der Waals surface area contributed by atoms with Gasteiger partial charge in [-0.3, -0.25) is 14.5 Å². The molecule has 1 heterocycles. The zero-order chi connectivity index (χ0) is 21.0. The molecule has 2 amide bonds. The van der Waals surface area contributed by atoms with E-state index in [-0.39, 0.29) is 17.8 Å². The summed E-state index contributed by atoms with van der Waals surface area (Å²) < 4.78 is 0. The predicted octanol–water partition coefficient (Wildman–Crippen LogP) is 3.28. The van der Waals surface area contributed by atoms with Gasteiger partial charge in [0.2, 0.25) is 0 Å². The first-order valence-electron chi connectivity index (χ1n) is 9.30. The van der Waals surface area contributed by atoms with E-state index in [1.54, 1.807) is 19.1 Å². The van der Waals surface area contributed by atoms with Gasteiger partial charge in [-0.25, -0.2) is 4.99 Å². The second-order valence-electron chi connectivity index (χ2n) is 6.98. The Morgan fingerprint density at radius 1 is 1.00 bits per heavy atom. The van der Waals surface area contributed by atoms with Crippen LogP contribution in [0.25, 0.3) is 0 Å². The summed E-state index contributed by atoms with van der Waals surface area (Å²) in [6, 6.07) is 18.9. The van der Waals surface area contributed by atoms with Crippen LogP contribution in [0.2, 0.25) is 0 Å². The third-order valence-corrected chi connectivity index (χ3v) is 4.82. The van der Waals surface area contributed by atoms with E-state index in [2.05, 4.69) is 4.99 Å². The Morgan fingerprint density at radius 2 is 1.66 bits per heavy atom. The molecule has 29 heavy (non-hydrogen) atoms. The average Bonchev–Trinajstić information content (AvgIpc) is 2.72. The Hall–Kier alpha value is -3.72. The smallest absolute Gasteiger partial charge is 0.279 e. The molecule has 6 heteroatoms. The highest BCUT2D eigenvalue weighted by Crippen LogP contribution is 2.24. The summed E-state index contributed by atoms with van der Waals surface area (Å²) in [6.45, 7) is 1.79. The number of hydrogen-bond donors (Lipinski definition) is 0. The van der Waals surface area contributed by atoms with Crippen molar-refractivity contribution in [1.29, 1.82) is 5.26 Å². The molecule has 0 spiro atoms. The van der Waals surface area contributed by atoms with Crippen LogP contribution in [0.5, 0.6) is 0 Å². The summed E-state index contributed by atoms with van der Waals surface area (Å²) in [7, 11) is 3.88. The molecule has 146 valence electrons. The van der Waals surface area contributed by atoms with Gasteiger partial charge in [0.1, 0.15) is 17.4 Å². The van der Waals surface area contributed by atoms with Crippen LogP contribution in [0.4, 0.5) is 11.4 Å². The number of nitrogens with zero attached hydrogens (tertiary/aromatic N) is 4. The van der Waals surface area contributed by atoms with Crippen molar-refractivity contribution in [2.45, 2.75) is 13.3 Å². The van der Waals surface area contributed by atoms with Crippen molar-refractivity contribution in [3.05, 3.63) is 71.3 Å². The second kappa shape index (κ2) is 8.53. The first-order chi connectivity index (χ1) is 13.9. The van der Waals surface area contributed by atoms with Crippen LogP contribution in [0, 0.1) is 11.3 Å². The normalized spacial score (nSPS) is 15.7. The van der Waals surface area contributed by atoms with Crippen molar-refractivity contribution >= 4 is 28.9 Å². The van der Waals surface area contributed by atoms with Crippen LogP contribution in [0.15, 0.2) is 70.7 Å². The highest BCUT2D eigenvalue weighted by atomic mass is 16.2. The van der Waals surface area contributed by atoms with E-state index in [9.17, 15) is 14.9 Å². The van der Waals surface area contributed by atoms with Gasteiger partial charge in [-0.2, -0.15) is 5.26 Å². The standard InChI is InChI=1S/C23H22N4O2/c1-16-20(15-24)22(28)27(14-13-17-7-5-4-6-8-17)23(29)21(16)25-18-9-11-19(12-10-18)26(2)3/h4-12H,13-14H2,1-3H3. The molecule has 6 nitrogen and oxygen atoms in total. The number of rotatable bonds is 5. The van der Waals surface area contributed by atoms with Crippen LogP contribution in [-0.4, -0.2) is 43.1 Å². The fourth-order valence-electron chi connectivity index (χ4n) is 3.10. The number of imide groups is 1. The summed E-state index contributed by atoms with van der Waals surface area (Å²) in [4.78, 5) is 33.3. The highest BCUT2D eigenvalue weighted by molar-refractivity contribution is 6.51. The van der Waals surface area contributed by atoms with Gasteiger partial charge in [0, 0.05) is 31.9 Å². The molecule has 0 aliphatic carbocycles. The van der Waals surface area contributed by atoms with Gasteiger partial charge in [0.25, 0.3) is 11.8 Å². The van der Waals surface area contributed by atoms with E-state index < -0.39 is 11.8 Å². The molecule has 0 saturated heterocycles. The number of amides is 2. The topological polar surface area (TPSA) is 76.8 Å². The minimum absolute atomic E-state index is 0.0404. The van der Waals surface area contributed by atoms with Crippen molar-refractivity contribution in [2.75, 3.05) is 25.5 Å². The lowest BCUT2D eigenvalue weighted by Crippen LogP contribution is -2.47. The highest BCUT2D eigenvalue weighted by Gasteiger charge is 2.36. The van der Waals surface area contributed by atoms with Gasteiger partial charge in [-0.1, -0.05) is 30.3 Å². The lowest BCUT2D eigenvalue weighted by Gasteiger charge is -2.26. The van der Waals surface area contributed by atoms with Gasteiger partial charge in [-0.15, -0.1) is 0 Å². The molecule has 0 unspecified atom stereocenters. The molecule has 0 N–H and O–H groups in total. The van der Waals surface area contributed by atoms with Crippen LogP contribution in [0.1, 0.15) is 12.5 Å². The van der Waals surface area contributed by atoms with E-state index in [4.69, 9.17) is 0 Å². The van der Waals surface area contributed by atoms with E-state index in [0.29, 0.717) is 17.7 Å². The van der Waals surface area contributed by atoms with Crippen LogP contribution < -0.4 is 4.90 Å². The monoisotopic (exact) mass is 386 g/mol. The van der Waals surface area contributed by atoms with Gasteiger partial charge >= 0.3 is 0 Å². The quantitative estimate of drug-likeness (QED) is 0.739. The molecule has 3 rings (SSSR count). The first kappa shape index (κ1) is 20.0. The second-order valence-corrected chi connectivity index (χ2v) is 6.98. The minimum atomic E-state index is -0.562. The molecule has 1 aliphatic heterocycles. The molecule has 2 aromatic carbocycles. The Labute approximate surface area is 170 Å². The Bertz CT molecular complexity index is 1030. The third-order valence-electron chi connectivity index (χ3n) is 4.82. The Kier molecular flexibility index (Phi) is 5.89. The summed E-state index contributed by atoms with van der Waals surface area (Å²) >= 11 is 0. The Morgan fingerprint density at radius 3 is 2.24 bits per heavy atom. The van der Waals surface area contributed by atoms with E-state index in [1.807, 2.05) is 67.5 Å². The molecule has 0 bridgehead atoms. The SMILES string of the molecule is CC1=C(C#N)C(=O)N(CCc2ccccc2)C(=O)C1=Nc1ccc(N(C)C)cc1. The summed E-state index contributed by atoms with van der Waals surface area (Å²) in [5.74, 6) is -1.04. The number of anilines is 1. The Balaban J connectivity index is 1.93. The number of carbonyl (C=O) groups is 2. The summed E-state index contributed by atoms with van der Waals surface area (Å²) in [5, 5.41) is 9.48. The number of aliphatic imine (C=N–C) groups is 1. The maximum atomic E-state index is 13.0. The van der Waals surface area contributed by atoms with Gasteiger partial charge in [0.05, 0.1) is 5.69 Å². The van der Waals surface area contributed by atoms with Crippen molar-refractivity contribution in [3.8, 4) is 6.07 Å². The number of hydrogen-bond acceptors (Lipinski definition) is 5. The first-order valence-corrected chi connectivity index (χ1v) is 9.30. The van der Waals surface area contributed by atoms with Gasteiger partial charge in [0.15, 0.2) is 0 Å². The fourth-order valence-corrected chi connectivity index (χ4v) is 3.10. The lowest BCUT2D eigenvalue weighted by atomic mass is 9.98. The third kappa shape index (κ3) is 4.25. The van der Waals surface area contributed by atoms with Crippen LogP contribution in [0.3, 0.4) is 0 Å². The predicted molar refractivity (Wildman–Crippen MR) is 113 cm³/mol. The molecule has 0 atom stereocenters. The van der Waals surface area contributed by atoms with Crippen molar-refractivity contribution < 1.29 is 9.59 Å². The average molecular weight is 386 g/mol. The van der Waals surface area contributed by atoms with E-state index in [1.165, 1.54) is 0 Å². The van der Waals surface area contributed by atoms with Crippen LogP contribution in [-0.2, 0) is 16.0 Å². The molecule has 0 aromatic heterocycles. The van der Waals surface area contributed by atoms with Gasteiger partial charge in [-0.05, 0) is 43.2 Å². The zero-order valence-electron chi connectivity index (χ0n) is 16.7. The van der Waals surface area contributed by atoms with Crippen molar-refractivity contribution in [3.63, 3.8) is 0 Å². The molecule has 0 radical (unpaired) electrons. The number of carbonyl (C=O) groups excluding carboxylic acids is 2. The molecule has 2 aromatic rings. The minimum Gasteiger partial charge on any atom is -0.378 e. The molecular formula is C23H22N4O2. The lowest BCUT2D eigenvalue weighted by molar-refractivity contribution is -0.138. The maximum Gasteiger partial charge on any atom is 0.279 e. The summed E-state index contributed by atoms with van der Waals surface area (Å²) in [5.41, 5.74) is 3.01. The van der Waals surface area contributed by atoms with Crippen molar-refractivity contribution in [1.82, 2.24) is 4.90 Å². The maximum absolute atomic E-state index is 13.0. The molecule has 0 saturated carbocycles. The van der Waals surface area contributed by atoms with Crippen LogP contribution >= 0.6 is 0 Å². The summed E-state index contributed by atoms with van der Waals surface area (Å²) in [6.07, 6.45) is 0.515. The molecular weight excluding hydrogens is 364 g/mol. The van der Waals surface area contributed by atoms with Crippen molar-refractivity contribution in [2.24, 2.45) is 4.99 Å².